The first-order valence-corrected chi connectivity index (χ1v) is 6.74. The van der Waals surface area contributed by atoms with Crippen molar-refractivity contribution in [2.45, 2.75) is 6.42 Å². The van der Waals surface area contributed by atoms with Gasteiger partial charge in [-0.05, 0) is 40.2 Å². The van der Waals surface area contributed by atoms with Crippen molar-refractivity contribution in [1.29, 1.82) is 0 Å². The van der Waals surface area contributed by atoms with Crippen LogP contribution in [0.5, 0.6) is 0 Å². The molecule has 0 fully saturated rings. The third kappa shape index (κ3) is 2.18. The number of aromatic nitrogens is 3. The fourth-order valence-electron chi connectivity index (χ4n) is 2.16. The van der Waals surface area contributed by atoms with Crippen LogP contribution in [0, 0.1) is 0 Å². The summed E-state index contributed by atoms with van der Waals surface area (Å²) >= 11 is 3.44. The van der Waals surface area contributed by atoms with Gasteiger partial charge in [0.25, 0.3) is 0 Å². The van der Waals surface area contributed by atoms with E-state index >= 15 is 0 Å². The predicted octanol–water partition coefficient (Wildman–Crippen LogP) is 2.79. The van der Waals surface area contributed by atoms with Crippen molar-refractivity contribution in [3.05, 3.63) is 53.0 Å². The van der Waals surface area contributed by atoms with Gasteiger partial charge in [-0.1, -0.05) is 6.07 Å². The number of carboxylic acid groups (broad SMARTS) is 1. The summed E-state index contributed by atoms with van der Waals surface area (Å²) in [6.45, 7) is 0. The quantitative estimate of drug-likeness (QED) is 0.749. The first-order chi connectivity index (χ1) is 9.66. The zero-order valence-corrected chi connectivity index (χ0v) is 11.9. The lowest BCUT2D eigenvalue weighted by Gasteiger charge is -2.04. The van der Waals surface area contributed by atoms with E-state index in [0.29, 0.717) is 17.0 Å². The van der Waals surface area contributed by atoms with Gasteiger partial charge < -0.3 is 5.11 Å². The lowest BCUT2D eigenvalue weighted by atomic mass is 10.1. The van der Waals surface area contributed by atoms with Crippen molar-refractivity contribution < 1.29 is 9.90 Å². The van der Waals surface area contributed by atoms with Crippen LogP contribution in [-0.2, 0) is 11.2 Å². The Kier molecular flexibility index (Phi) is 3.23. The van der Waals surface area contributed by atoms with E-state index < -0.39 is 5.97 Å². The molecular weight excluding hydrogens is 322 g/mol. The summed E-state index contributed by atoms with van der Waals surface area (Å²) in [4.78, 5) is 19.6. The molecule has 0 saturated heterocycles. The molecule has 0 aliphatic carbocycles. The number of hydrogen-bond donors (Lipinski definition) is 1. The van der Waals surface area contributed by atoms with Gasteiger partial charge in [0, 0.05) is 18.0 Å². The van der Waals surface area contributed by atoms with Crippen LogP contribution in [0.1, 0.15) is 5.69 Å². The lowest BCUT2D eigenvalue weighted by molar-refractivity contribution is -0.136. The zero-order valence-electron chi connectivity index (χ0n) is 10.3. The predicted molar refractivity (Wildman–Crippen MR) is 77.5 cm³/mol. The molecule has 0 atom stereocenters. The number of rotatable bonds is 3. The minimum absolute atomic E-state index is 0.0958. The number of fused-ring (bicyclic) bond motifs is 1. The number of nitrogens with zero attached hydrogens (tertiary/aromatic N) is 3. The molecule has 20 heavy (non-hydrogen) atoms. The second-order valence-electron chi connectivity index (χ2n) is 4.26. The fourth-order valence-corrected chi connectivity index (χ4v) is 2.71. The van der Waals surface area contributed by atoms with E-state index in [1.54, 1.807) is 12.4 Å². The van der Waals surface area contributed by atoms with Gasteiger partial charge in [-0.25, -0.2) is 4.98 Å². The third-order valence-electron chi connectivity index (χ3n) is 2.96. The highest BCUT2D eigenvalue weighted by molar-refractivity contribution is 9.10. The maximum absolute atomic E-state index is 11.1. The standard InChI is InChI=1S/C14H10BrN3O2/c15-11-2-1-3-12-17-14(9-4-6-16-7-5-9)10(18(11)12)8-13(19)20/h1-7H,8H2,(H,19,20). The molecule has 0 aliphatic rings. The Morgan fingerprint density at radius 1 is 1.25 bits per heavy atom. The van der Waals surface area contributed by atoms with Crippen LogP contribution < -0.4 is 0 Å². The van der Waals surface area contributed by atoms with Crippen molar-refractivity contribution in [2.24, 2.45) is 0 Å². The van der Waals surface area contributed by atoms with E-state index in [0.717, 1.165) is 10.2 Å². The van der Waals surface area contributed by atoms with Gasteiger partial charge in [0.2, 0.25) is 0 Å². The molecule has 1 N–H and O–H groups in total. The number of carbonyl (C=O) groups is 1. The number of halogens is 1. The molecule has 0 saturated carbocycles. The summed E-state index contributed by atoms with van der Waals surface area (Å²) in [5.74, 6) is -0.891. The lowest BCUT2D eigenvalue weighted by Crippen LogP contribution is -2.05. The summed E-state index contributed by atoms with van der Waals surface area (Å²) in [5, 5.41) is 9.14. The van der Waals surface area contributed by atoms with E-state index in [4.69, 9.17) is 5.11 Å². The summed E-state index contributed by atoms with van der Waals surface area (Å²) in [6.07, 6.45) is 3.24. The molecule has 6 heteroatoms. The molecule has 100 valence electrons. The molecule has 3 rings (SSSR count). The SMILES string of the molecule is O=C(O)Cc1c(-c2ccncc2)nc2cccc(Br)n12. The highest BCUT2D eigenvalue weighted by atomic mass is 79.9. The Morgan fingerprint density at radius 3 is 2.70 bits per heavy atom. The average molecular weight is 332 g/mol. The molecule has 3 aromatic heterocycles. The highest BCUT2D eigenvalue weighted by Crippen LogP contribution is 2.27. The molecule has 0 amide bonds. The second kappa shape index (κ2) is 5.05. The monoisotopic (exact) mass is 331 g/mol. The highest BCUT2D eigenvalue weighted by Gasteiger charge is 2.17. The van der Waals surface area contributed by atoms with Crippen molar-refractivity contribution >= 4 is 27.5 Å². The van der Waals surface area contributed by atoms with Gasteiger partial charge in [-0.2, -0.15) is 0 Å². The Bertz CT molecular complexity index is 784. The minimum Gasteiger partial charge on any atom is -0.481 e. The topological polar surface area (TPSA) is 67.5 Å². The maximum Gasteiger partial charge on any atom is 0.309 e. The van der Waals surface area contributed by atoms with Gasteiger partial charge in [0.15, 0.2) is 0 Å². The molecule has 3 aromatic rings. The number of carboxylic acids is 1. The molecule has 0 radical (unpaired) electrons. The largest absolute Gasteiger partial charge is 0.481 e. The molecule has 0 aromatic carbocycles. The number of hydrogen-bond acceptors (Lipinski definition) is 3. The van der Waals surface area contributed by atoms with Crippen molar-refractivity contribution in [3.8, 4) is 11.3 Å². The van der Waals surface area contributed by atoms with Gasteiger partial charge >= 0.3 is 5.97 Å². The Morgan fingerprint density at radius 2 is 2.00 bits per heavy atom. The van der Waals surface area contributed by atoms with E-state index in [-0.39, 0.29) is 6.42 Å². The van der Waals surface area contributed by atoms with Crippen LogP contribution in [0.2, 0.25) is 0 Å². The summed E-state index contributed by atoms with van der Waals surface area (Å²) in [5.41, 5.74) is 2.88. The smallest absolute Gasteiger partial charge is 0.309 e. The van der Waals surface area contributed by atoms with Crippen LogP contribution in [-0.4, -0.2) is 25.4 Å². The van der Waals surface area contributed by atoms with E-state index in [1.807, 2.05) is 34.7 Å². The van der Waals surface area contributed by atoms with Crippen LogP contribution in [0.25, 0.3) is 16.9 Å². The van der Waals surface area contributed by atoms with Crippen LogP contribution in [0.3, 0.4) is 0 Å². The number of imidazole rings is 1. The van der Waals surface area contributed by atoms with Gasteiger partial charge in [-0.3, -0.25) is 14.2 Å². The fraction of sp³-hybridized carbons (Fsp3) is 0.0714. The molecule has 0 spiro atoms. The summed E-state index contributed by atoms with van der Waals surface area (Å²) in [7, 11) is 0. The van der Waals surface area contributed by atoms with Crippen LogP contribution >= 0.6 is 15.9 Å². The van der Waals surface area contributed by atoms with E-state index in [9.17, 15) is 4.79 Å². The van der Waals surface area contributed by atoms with Crippen molar-refractivity contribution in [3.63, 3.8) is 0 Å². The van der Waals surface area contributed by atoms with Gasteiger partial charge in [-0.15, -0.1) is 0 Å². The third-order valence-corrected chi connectivity index (χ3v) is 3.58. The normalized spacial score (nSPS) is 10.8. The Labute approximate surface area is 123 Å². The molecule has 3 heterocycles. The second-order valence-corrected chi connectivity index (χ2v) is 5.07. The molecule has 5 nitrogen and oxygen atoms in total. The van der Waals surface area contributed by atoms with Crippen molar-refractivity contribution in [2.75, 3.05) is 0 Å². The first kappa shape index (κ1) is 12.8. The van der Waals surface area contributed by atoms with E-state index in [1.165, 1.54) is 0 Å². The van der Waals surface area contributed by atoms with Crippen molar-refractivity contribution in [1.82, 2.24) is 14.4 Å². The van der Waals surface area contributed by atoms with Crippen LogP contribution in [0.4, 0.5) is 0 Å². The maximum atomic E-state index is 11.1. The average Bonchev–Trinajstić information content (AvgIpc) is 2.79. The minimum atomic E-state index is -0.891. The molecule has 0 unspecified atom stereocenters. The first-order valence-electron chi connectivity index (χ1n) is 5.95. The molecular formula is C14H10BrN3O2. The number of pyridine rings is 2. The zero-order chi connectivity index (χ0) is 14.1. The Hall–Kier alpha value is -2.21. The van der Waals surface area contributed by atoms with Gasteiger partial charge in [0.05, 0.1) is 22.4 Å². The molecule has 0 aliphatic heterocycles. The van der Waals surface area contributed by atoms with Gasteiger partial charge in [0.1, 0.15) is 5.65 Å². The van der Waals surface area contributed by atoms with Crippen LogP contribution in [0.15, 0.2) is 47.3 Å². The Balaban J connectivity index is 2.31. The summed E-state index contributed by atoms with van der Waals surface area (Å²) < 4.78 is 2.59. The number of aliphatic carboxylic acids is 1. The molecule has 0 bridgehead atoms. The summed E-state index contributed by atoms with van der Waals surface area (Å²) in [6, 6.07) is 9.21. The van der Waals surface area contributed by atoms with E-state index in [2.05, 4.69) is 25.9 Å².